The molecule has 0 bridgehead atoms. The standard InChI is InChI=1S/C50H97NO5/c1-3-5-7-9-11-13-15-19-23-26-30-34-38-42-48(53)47(46-52)51-49(54)43-39-35-31-27-24-20-17-16-18-21-25-29-33-37-41-45-56-50(55)44-40-36-32-28-22-14-12-10-8-6-4-2/h18,21,47-48,52-53H,3-17,19-20,22-46H2,1-2H3,(H,51,54)/b21-18-. The highest BCUT2D eigenvalue weighted by Crippen LogP contribution is 2.16. The molecule has 1 amide bonds. The molecule has 0 aliphatic rings. The minimum atomic E-state index is -0.672. The predicted molar refractivity (Wildman–Crippen MR) is 241 cm³/mol. The van der Waals surface area contributed by atoms with Crippen molar-refractivity contribution in [2.75, 3.05) is 13.2 Å². The lowest BCUT2D eigenvalue weighted by Gasteiger charge is -2.22. The average Bonchev–Trinajstić information content (AvgIpc) is 3.20. The molecule has 0 aromatic rings. The number of esters is 1. The van der Waals surface area contributed by atoms with Crippen molar-refractivity contribution in [3.05, 3.63) is 12.2 Å². The number of amides is 1. The van der Waals surface area contributed by atoms with Crippen molar-refractivity contribution < 1.29 is 24.5 Å². The normalized spacial score (nSPS) is 12.7. The number of hydrogen-bond acceptors (Lipinski definition) is 5. The zero-order chi connectivity index (χ0) is 40.8. The fraction of sp³-hybridized carbons (Fsp3) is 0.920. The molecule has 0 saturated heterocycles. The monoisotopic (exact) mass is 792 g/mol. The van der Waals surface area contributed by atoms with Crippen molar-refractivity contribution in [3.8, 4) is 0 Å². The minimum Gasteiger partial charge on any atom is -0.466 e. The molecule has 0 aliphatic carbocycles. The van der Waals surface area contributed by atoms with E-state index >= 15 is 0 Å². The van der Waals surface area contributed by atoms with Crippen LogP contribution in [-0.4, -0.2) is 47.4 Å². The van der Waals surface area contributed by atoms with E-state index < -0.39 is 12.1 Å². The molecule has 3 N–H and O–H groups in total. The molecule has 2 unspecified atom stereocenters. The highest BCUT2D eigenvalue weighted by molar-refractivity contribution is 5.76. The van der Waals surface area contributed by atoms with Gasteiger partial charge in [-0.2, -0.15) is 0 Å². The summed E-state index contributed by atoms with van der Waals surface area (Å²) in [5, 5.41) is 23.2. The number of aliphatic hydroxyl groups is 2. The summed E-state index contributed by atoms with van der Waals surface area (Å²) in [4.78, 5) is 24.4. The Balaban J connectivity index is 3.48. The van der Waals surface area contributed by atoms with Crippen molar-refractivity contribution in [1.29, 1.82) is 0 Å². The number of nitrogens with one attached hydrogen (secondary N) is 1. The molecule has 0 aromatic heterocycles. The summed E-state index contributed by atoms with van der Waals surface area (Å²) in [6.07, 6.45) is 51.7. The molecule has 6 nitrogen and oxygen atoms in total. The van der Waals surface area contributed by atoms with E-state index in [9.17, 15) is 19.8 Å². The number of carbonyl (C=O) groups is 2. The third-order valence-electron chi connectivity index (χ3n) is 11.6. The molecule has 0 aromatic carbocycles. The summed E-state index contributed by atoms with van der Waals surface area (Å²) in [6.45, 7) is 4.91. The Morgan fingerprint density at radius 3 is 1.27 bits per heavy atom. The predicted octanol–water partition coefficient (Wildman–Crippen LogP) is 14.6. The third kappa shape index (κ3) is 42.2. The zero-order valence-electron chi connectivity index (χ0n) is 37.6. The highest BCUT2D eigenvalue weighted by Gasteiger charge is 2.20. The van der Waals surface area contributed by atoms with Crippen LogP contribution in [0.25, 0.3) is 0 Å². The Kier molecular flexibility index (Phi) is 45.1. The second-order valence-electron chi connectivity index (χ2n) is 17.1. The fourth-order valence-corrected chi connectivity index (χ4v) is 7.69. The molecule has 0 rings (SSSR count). The first kappa shape index (κ1) is 54.6. The summed E-state index contributed by atoms with van der Waals surface area (Å²) >= 11 is 0. The average molecular weight is 792 g/mol. The molecular formula is C50H97NO5. The summed E-state index contributed by atoms with van der Waals surface area (Å²) in [6, 6.07) is -0.550. The number of ether oxygens (including phenoxy) is 1. The van der Waals surface area contributed by atoms with Crippen molar-refractivity contribution in [1.82, 2.24) is 5.32 Å². The number of unbranched alkanes of at least 4 members (excludes halogenated alkanes) is 33. The quantitative estimate of drug-likeness (QED) is 0.0324. The SMILES string of the molecule is CCCCCCCCCCCCCCCC(O)C(CO)NC(=O)CCCCCCCCC/C=C\CCCCCCOC(=O)CCCCCCCCCCCCC. The van der Waals surface area contributed by atoms with Gasteiger partial charge in [-0.3, -0.25) is 9.59 Å². The summed E-state index contributed by atoms with van der Waals surface area (Å²) < 4.78 is 5.43. The van der Waals surface area contributed by atoms with Gasteiger partial charge in [-0.15, -0.1) is 0 Å². The Morgan fingerprint density at radius 1 is 0.482 bits per heavy atom. The van der Waals surface area contributed by atoms with Crippen molar-refractivity contribution in [2.45, 2.75) is 283 Å². The third-order valence-corrected chi connectivity index (χ3v) is 11.6. The molecule has 2 atom stereocenters. The number of allylic oxidation sites excluding steroid dienone is 2. The minimum absolute atomic E-state index is 0.0104. The molecule has 0 fully saturated rings. The van der Waals surface area contributed by atoms with E-state index in [1.54, 1.807) is 0 Å². The number of aliphatic hydroxyl groups excluding tert-OH is 2. The van der Waals surface area contributed by atoms with E-state index in [0.29, 0.717) is 25.9 Å². The van der Waals surface area contributed by atoms with E-state index in [2.05, 4.69) is 31.3 Å². The Labute approximate surface area is 349 Å². The van der Waals surface area contributed by atoms with Gasteiger partial charge in [0.25, 0.3) is 0 Å². The van der Waals surface area contributed by atoms with Gasteiger partial charge in [0.1, 0.15) is 0 Å². The van der Waals surface area contributed by atoms with Gasteiger partial charge in [-0.1, -0.05) is 219 Å². The first-order chi connectivity index (χ1) is 27.5. The van der Waals surface area contributed by atoms with Crippen molar-refractivity contribution >= 4 is 11.9 Å². The first-order valence-electron chi connectivity index (χ1n) is 24.9. The molecule has 6 heteroatoms. The van der Waals surface area contributed by atoms with Gasteiger partial charge in [0, 0.05) is 12.8 Å². The molecule has 0 radical (unpaired) electrons. The number of rotatable bonds is 46. The lowest BCUT2D eigenvalue weighted by atomic mass is 10.0. The van der Waals surface area contributed by atoms with Gasteiger partial charge in [-0.25, -0.2) is 0 Å². The molecule has 56 heavy (non-hydrogen) atoms. The van der Waals surface area contributed by atoms with Crippen LogP contribution >= 0.6 is 0 Å². The molecule has 0 spiro atoms. The highest BCUT2D eigenvalue weighted by atomic mass is 16.5. The largest absolute Gasteiger partial charge is 0.466 e. The van der Waals surface area contributed by atoms with Gasteiger partial charge in [0.15, 0.2) is 0 Å². The number of carbonyl (C=O) groups excluding carboxylic acids is 2. The van der Waals surface area contributed by atoms with Crippen LogP contribution in [0, 0.1) is 0 Å². The van der Waals surface area contributed by atoms with Crippen LogP contribution in [0.15, 0.2) is 12.2 Å². The van der Waals surface area contributed by atoms with Crippen molar-refractivity contribution in [2.24, 2.45) is 0 Å². The van der Waals surface area contributed by atoms with E-state index in [-0.39, 0.29) is 18.5 Å². The van der Waals surface area contributed by atoms with Gasteiger partial charge in [-0.05, 0) is 51.4 Å². The van der Waals surface area contributed by atoms with Crippen LogP contribution in [0.3, 0.4) is 0 Å². The van der Waals surface area contributed by atoms with E-state index in [4.69, 9.17) is 4.74 Å². The molecule has 332 valence electrons. The first-order valence-corrected chi connectivity index (χ1v) is 24.9. The Hall–Kier alpha value is -1.40. The lowest BCUT2D eigenvalue weighted by molar-refractivity contribution is -0.143. The van der Waals surface area contributed by atoms with Gasteiger partial charge < -0.3 is 20.3 Å². The Morgan fingerprint density at radius 2 is 0.839 bits per heavy atom. The summed E-state index contributed by atoms with van der Waals surface area (Å²) in [7, 11) is 0. The van der Waals surface area contributed by atoms with Gasteiger partial charge in [0.05, 0.1) is 25.4 Å². The maximum absolute atomic E-state index is 12.4. The van der Waals surface area contributed by atoms with E-state index in [1.807, 2.05) is 0 Å². The van der Waals surface area contributed by atoms with Crippen LogP contribution in [-0.2, 0) is 14.3 Å². The van der Waals surface area contributed by atoms with Crippen LogP contribution < -0.4 is 5.32 Å². The Bertz CT molecular complexity index is 832. The zero-order valence-corrected chi connectivity index (χ0v) is 37.6. The molecule has 0 aliphatic heterocycles. The van der Waals surface area contributed by atoms with Crippen LogP contribution in [0.2, 0.25) is 0 Å². The van der Waals surface area contributed by atoms with Crippen LogP contribution in [0.4, 0.5) is 0 Å². The summed E-state index contributed by atoms with van der Waals surface area (Å²) in [5.41, 5.74) is 0. The van der Waals surface area contributed by atoms with E-state index in [1.165, 1.54) is 167 Å². The van der Waals surface area contributed by atoms with E-state index in [0.717, 1.165) is 70.6 Å². The van der Waals surface area contributed by atoms with Gasteiger partial charge in [0.2, 0.25) is 5.91 Å². The van der Waals surface area contributed by atoms with Crippen LogP contribution in [0.1, 0.15) is 271 Å². The molecule has 0 saturated carbocycles. The molecule has 0 heterocycles. The topological polar surface area (TPSA) is 95.9 Å². The van der Waals surface area contributed by atoms with Crippen LogP contribution in [0.5, 0.6) is 0 Å². The second kappa shape index (κ2) is 46.3. The molecular weight excluding hydrogens is 695 g/mol. The smallest absolute Gasteiger partial charge is 0.305 e. The fourth-order valence-electron chi connectivity index (χ4n) is 7.69. The maximum Gasteiger partial charge on any atom is 0.305 e. The maximum atomic E-state index is 12.4. The van der Waals surface area contributed by atoms with Gasteiger partial charge >= 0.3 is 5.97 Å². The summed E-state index contributed by atoms with van der Waals surface area (Å²) in [5.74, 6) is -0.0604. The second-order valence-corrected chi connectivity index (χ2v) is 17.1. The lowest BCUT2D eigenvalue weighted by Crippen LogP contribution is -2.45. The number of hydrogen-bond donors (Lipinski definition) is 3. The van der Waals surface area contributed by atoms with Crippen molar-refractivity contribution in [3.63, 3.8) is 0 Å².